The normalized spacial score (nSPS) is 18.6. The summed E-state index contributed by atoms with van der Waals surface area (Å²) in [5, 5.41) is 12.9. The van der Waals surface area contributed by atoms with Crippen molar-refractivity contribution in [1.29, 1.82) is 0 Å². The lowest BCUT2D eigenvalue weighted by Crippen LogP contribution is -2.36. The summed E-state index contributed by atoms with van der Waals surface area (Å²) in [7, 11) is 1.92. The van der Waals surface area contributed by atoms with Crippen molar-refractivity contribution >= 4 is 40.0 Å². The highest BCUT2D eigenvalue weighted by molar-refractivity contribution is 7.99. The summed E-state index contributed by atoms with van der Waals surface area (Å²) >= 11 is 2.86. The Bertz CT molecular complexity index is 1090. The van der Waals surface area contributed by atoms with E-state index in [0.717, 1.165) is 57.0 Å². The zero-order chi connectivity index (χ0) is 25.9. The Balaban J connectivity index is 1.42. The van der Waals surface area contributed by atoms with Crippen LogP contribution in [0.1, 0.15) is 60.7 Å². The molecule has 0 radical (unpaired) electrons. The van der Waals surface area contributed by atoms with E-state index in [9.17, 15) is 9.59 Å². The van der Waals surface area contributed by atoms with Gasteiger partial charge >= 0.3 is 5.97 Å². The van der Waals surface area contributed by atoms with Crippen LogP contribution in [0.3, 0.4) is 0 Å². The summed E-state index contributed by atoms with van der Waals surface area (Å²) < 4.78 is 12.7. The highest BCUT2D eigenvalue weighted by Crippen LogP contribution is 2.44. The molecule has 9 nitrogen and oxygen atoms in total. The van der Waals surface area contributed by atoms with Crippen LogP contribution < -0.4 is 5.32 Å². The van der Waals surface area contributed by atoms with Gasteiger partial charge in [-0.3, -0.25) is 9.69 Å². The number of esters is 1. The number of aromatic nitrogens is 3. The van der Waals surface area contributed by atoms with Gasteiger partial charge in [-0.25, -0.2) is 4.79 Å². The van der Waals surface area contributed by atoms with E-state index < -0.39 is 0 Å². The second-order valence-electron chi connectivity index (χ2n) is 10.4. The second-order valence-corrected chi connectivity index (χ2v) is 12.5. The number of nitrogens with zero attached hydrogens (tertiary/aromatic N) is 4. The van der Waals surface area contributed by atoms with Crippen LogP contribution in [0.25, 0.3) is 0 Å². The summed E-state index contributed by atoms with van der Waals surface area (Å²) in [6, 6.07) is 0. The number of thioether (sulfide) groups is 1. The van der Waals surface area contributed by atoms with E-state index in [1.165, 1.54) is 28.0 Å². The number of thiophene rings is 1. The van der Waals surface area contributed by atoms with Crippen molar-refractivity contribution in [2.75, 3.05) is 44.0 Å². The van der Waals surface area contributed by atoms with Crippen molar-refractivity contribution in [3.05, 3.63) is 21.8 Å². The van der Waals surface area contributed by atoms with Gasteiger partial charge in [0.25, 0.3) is 0 Å². The molecule has 1 aliphatic heterocycles. The highest BCUT2D eigenvalue weighted by Gasteiger charge is 2.34. The fraction of sp³-hybridized carbons (Fsp3) is 0.680. The summed E-state index contributed by atoms with van der Waals surface area (Å²) in [6.07, 6.45) is 2.78. The van der Waals surface area contributed by atoms with Crippen molar-refractivity contribution in [3.63, 3.8) is 0 Å². The molecule has 0 unspecified atom stereocenters. The number of ether oxygens (including phenoxy) is 2. The monoisotopic (exact) mass is 535 g/mol. The summed E-state index contributed by atoms with van der Waals surface area (Å²) in [5.74, 6) is 1.06. The van der Waals surface area contributed by atoms with Gasteiger partial charge < -0.3 is 19.4 Å². The first-order valence-corrected chi connectivity index (χ1v) is 14.4. The quantitative estimate of drug-likeness (QED) is 0.403. The number of nitrogens with one attached hydrogen (secondary N) is 1. The van der Waals surface area contributed by atoms with E-state index in [4.69, 9.17) is 9.47 Å². The standard InChI is InChI=1S/C25H37N5O4S2/c1-6-34-23(32)21-17-8-7-16(25(2,3)4)13-18(17)36-22(21)26-20(31)15-35-24-28-27-19(29(24)5)14-30-9-11-33-12-10-30/h16H,6-15H2,1-5H3,(H,26,31)/t16-/m1/s1. The number of anilines is 1. The van der Waals surface area contributed by atoms with Crippen molar-refractivity contribution in [1.82, 2.24) is 19.7 Å². The smallest absolute Gasteiger partial charge is 0.341 e. The number of carbonyl (C=O) groups is 2. The zero-order valence-electron chi connectivity index (χ0n) is 21.9. The van der Waals surface area contributed by atoms with Crippen molar-refractivity contribution < 1.29 is 19.1 Å². The van der Waals surface area contributed by atoms with Gasteiger partial charge in [-0.2, -0.15) is 0 Å². The first kappa shape index (κ1) is 27.1. The first-order valence-electron chi connectivity index (χ1n) is 12.6. The minimum atomic E-state index is -0.354. The van der Waals surface area contributed by atoms with Crippen molar-refractivity contribution in [3.8, 4) is 0 Å². The predicted molar refractivity (Wildman–Crippen MR) is 142 cm³/mol. The van der Waals surface area contributed by atoms with Crippen LogP contribution in [0.2, 0.25) is 0 Å². The largest absolute Gasteiger partial charge is 0.462 e. The lowest BCUT2D eigenvalue weighted by atomic mass is 9.72. The van der Waals surface area contributed by atoms with Gasteiger partial charge in [0, 0.05) is 25.0 Å². The molecule has 36 heavy (non-hydrogen) atoms. The number of carbonyl (C=O) groups excluding carboxylic acids is 2. The maximum absolute atomic E-state index is 12.9. The molecule has 2 aliphatic rings. The van der Waals surface area contributed by atoms with E-state index in [1.54, 1.807) is 6.92 Å². The van der Waals surface area contributed by atoms with Gasteiger partial charge in [0.05, 0.1) is 37.7 Å². The van der Waals surface area contributed by atoms with Crippen LogP contribution >= 0.6 is 23.1 Å². The van der Waals surface area contributed by atoms with Crippen LogP contribution in [0.15, 0.2) is 5.16 Å². The van der Waals surface area contributed by atoms with Crippen LogP contribution in [-0.2, 0) is 40.7 Å². The highest BCUT2D eigenvalue weighted by atomic mass is 32.2. The number of amides is 1. The Hall–Kier alpha value is -1.95. The lowest BCUT2D eigenvalue weighted by molar-refractivity contribution is -0.113. The Kier molecular flexibility index (Phi) is 8.75. The SMILES string of the molecule is CCOC(=O)c1c(NC(=O)CSc2nnc(CN3CCOCC3)n2C)sc2c1CC[C@@H](C(C)(C)C)C2. The fourth-order valence-corrected chi connectivity index (χ4v) is 6.75. The Labute approximate surface area is 221 Å². The number of rotatable bonds is 8. The molecule has 4 rings (SSSR count). The van der Waals surface area contributed by atoms with Crippen molar-refractivity contribution in [2.24, 2.45) is 18.4 Å². The molecule has 1 atom stereocenters. The maximum Gasteiger partial charge on any atom is 0.341 e. The Morgan fingerprint density at radius 1 is 1.25 bits per heavy atom. The number of morpholine rings is 1. The summed E-state index contributed by atoms with van der Waals surface area (Å²) in [4.78, 5) is 29.3. The molecule has 2 aromatic rings. The molecule has 0 saturated carbocycles. The maximum atomic E-state index is 12.9. The molecule has 1 N–H and O–H groups in total. The third-order valence-corrected chi connectivity index (χ3v) is 9.14. The molecule has 1 saturated heterocycles. The Morgan fingerprint density at radius 2 is 2.00 bits per heavy atom. The molecule has 1 amide bonds. The fourth-order valence-electron chi connectivity index (χ4n) is 4.69. The van der Waals surface area contributed by atoms with Gasteiger partial charge in [-0.1, -0.05) is 32.5 Å². The van der Waals surface area contributed by atoms with E-state index in [1.807, 2.05) is 11.6 Å². The van der Waals surface area contributed by atoms with Crippen LogP contribution in [0, 0.1) is 11.3 Å². The minimum Gasteiger partial charge on any atom is -0.462 e. The number of hydrogen-bond donors (Lipinski definition) is 1. The molecule has 198 valence electrons. The number of hydrogen-bond acceptors (Lipinski definition) is 9. The van der Waals surface area contributed by atoms with E-state index >= 15 is 0 Å². The molecule has 1 fully saturated rings. The molecule has 2 aromatic heterocycles. The average Bonchev–Trinajstić information content (AvgIpc) is 3.37. The van der Waals surface area contributed by atoms with Gasteiger partial charge in [0.2, 0.25) is 5.91 Å². The van der Waals surface area contributed by atoms with E-state index in [-0.39, 0.29) is 23.0 Å². The van der Waals surface area contributed by atoms with E-state index in [2.05, 4.69) is 41.2 Å². The molecule has 0 bridgehead atoms. The van der Waals surface area contributed by atoms with Gasteiger partial charge in [-0.15, -0.1) is 21.5 Å². The van der Waals surface area contributed by atoms with E-state index in [0.29, 0.717) is 34.8 Å². The minimum absolute atomic E-state index is 0.172. The third kappa shape index (κ3) is 6.30. The molecule has 3 heterocycles. The summed E-state index contributed by atoms with van der Waals surface area (Å²) in [6.45, 7) is 12.8. The van der Waals surface area contributed by atoms with Gasteiger partial charge in [0.15, 0.2) is 5.16 Å². The molecule has 0 aromatic carbocycles. The predicted octanol–water partition coefficient (Wildman–Crippen LogP) is 3.77. The molecule has 1 aliphatic carbocycles. The Morgan fingerprint density at radius 3 is 2.69 bits per heavy atom. The molecule has 0 spiro atoms. The van der Waals surface area contributed by atoms with Crippen molar-refractivity contribution in [2.45, 2.75) is 58.7 Å². The lowest BCUT2D eigenvalue weighted by Gasteiger charge is -2.33. The third-order valence-electron chi connectivity index (χ3n) is 6.95. The topological polar surface area (TPSA) is 98.6 Å². The van der Waals surface area contributed by atoms with Crippen LogP contribution in [0.5, 0.6) is 0 Å². The first-order chi connectivity index (χ1) is 17.2. The zero-order valence-corrected chi connectivity index (χ0v) is 23.5. The van der Waals surface area contributed by atoms with Crippen LogP contribution in [0.4, 0.5) is 5.00 Å². The van der Waals surface area contributed by atoms with Gasteiger partial charge in [-0.05, 0) is 43.1 Å². The molecular formula is C25H37N5O4S2. The van der Waals surface area contributed by atoms with Gasteiger partial charge in [0.1, 0.15) is 10.8 Å². The molecule has 11 heteroatoms. The van der Waals surface area contributed by atoms with Crippen LogP contribution in [-0.4, -0.2) is 70.2 Å². The molecular weight excluding hydrogens is 498 g/mol. The second kappa shape index (κ2) is 11.6. The average molecular weight is 536 g/mol. The number of fused-ring (bicyclic) bond motifs is 1. The summed E-state index contributed by atoms with van der Waals surface area (Å²) in [5.41, 5.74) is 1.78.